The Balaban J connectivity index is 1.90. The minimum absolute atomic E-state index is 0.140. The molecule has 0 aromatic heterocycles. The summed E-state index contributed by atoms with van der Waals surface area (Å²) in [4.78, 5) is 15.2. The van der Waals surface area contributed by atoms with Crippen LogP contribution in [0.4, 0.5) is 0 Å². The Morgan fingerprint density at radius 3 is 2.83 bits per heavy atom. The fourth-order valence-electron chi connectivity index (χ4n) is 2.26. The number of hydrogen-bond acceptors (Lipinski definition) is 2. The van der Waals surface area contributed by atoms with Gasteiger partial charge in [-0.1, -0.05) is 31.2 Å². The van der Waals surface area contributed by atoms with Gasteiger partial charge in [0.05, 0.1) is 0 Å². The molecule has 2 rings (SSSR count). The number of benzene rings is 1. The first-order valence-electron chi connectivity index (χ1n) is 6.30. The van der Waals surface area contributed by atoms with Crippen molar-refractivity contribution in [2.75, 3.05) is 18.8 Å². The number of rotatable bonds is 5. The topological polar surface area (TPSA) is 20.3 Å². The van der Waals surface area contributed by atoms with E-state index in [9.17, 15) is 4.79 Å². The van der Waals surface area contributed by atoms with Gasteiger partial charge in [0.2, 0.25) is 5.91 Å². The van der Waals surface area contributed by atoms with E-state index in [1.165, 1.54) is 4.90 Å². The minimum atomic E-state index is 0.140. The molecule has 18 heavy (non-hydrogen) atoms. The smallest absolute Gasteiger partial charge is 0.226 e. The number of carbonyl (C=O) groups is 1. The van der Waals surface area contributed by atoms with Crippen LogP contribution in [0.25, 0.3) is 0 Å². The van der Waals surface area contributed by atoms with Crippen molar-refractivity contribution in [2.24, 2.45) is 11.8 Å². The molecule has 0 unspecified atom stereocenters. The van der Waals surface area contributed by atoms with Crippen LogP contribution in [0, 0.1) is 11.8 Å². The highest BCUT2D eigenvalue weighted by Crippen LogP contribution is 2.30. The number of nitrogens with zero attached hydrogens (tertiary/aromatic N) is 1. The summed E-state index contributed by atoms with van der Waals surface area (Å²) in [5, 5.41) is 0. The van der Waals surface area contributed by atoms with E-state index >= 15 is 0 Å². The molecule has 1 aliphatic rings. The van der Waals surface area contributed by atoms with Crippen LogP contribution < -0.4 is 0 Å². The van der Waals surface area contributed by atoms with Crippen LogP contribution in [0.3, 0.4) is 0 Å². The highest BCUT2D eigenvalue weighted by atomic mass is 32.2. The van der Waals surface area contributed by atoms with Gasteiger partial charge >= 0.3 is 0 Å². The van der Waals surface area contributed by atoms with Crippen LogP contribution >= 0.6 is 11.8 Å². The van der Waals surface area contributed by atoms with E-state index in [1.807, 2.05) is 29.7 Å². The summed E-state index contributed by atoms with van der Waals surface area (Å²) < 4.78 is 0. The van der Waals surface area contributed by atoms with Gasteiger partial charge in [-0.25, -0.2) is 0 Å². The van der Waals surface area contributed by atoms with Gasteiger partial charge in [0.1, 0.15) is 0 Å². The van der Waals surface area contributed by atoms with E-state index in [1.54, 1.807) is 6.08 Å². The average Bonchev–Trinajstić information content (AvgIpc) is 2.66. The fourth-order valence-corrected chi connectivity index (χ4v) is 3.41. The summed E-state index contributed by atoms with van der Waals surface area (Å²) in [6.07, 6.45) is 1.80. The summed E-state index contributed by atoms with van der Waals surface area (Å²) in [7, 11) is 0. The van der Waals surface area contributed by atoms with Crippen LogP contribution in [0.5, 0.6) is 0 Å². The average molecular weight is 261 g/mol. The lowest BCUT2D eigenvalue weighted by Crippen LogP contribution is -2.26. The monoisotopic (exact) mass is 261 g/mol. The van der Waals surface area contributed by atoms with Crippen LogP contribution in [-0.2, 0) is 4.79 Å². The summed E-state index contributed by atoms with van der Waals surface area (Å²) in [5.41, 5.74) is 0. The third-order valence-corrected chi connectivity index (χ3v) is 4.62. The molecule has 96 valence electrons. The molecule has 1 fully saturated rings. The lowest BCUT2D eigenvalue weighted by molar-refractivity contribution is -0.130. The second-order valence-corrected chi connectivity index (χ2v) is 5.80. The second-order valence-electron chi connectivity index (χ2n) is 4.70. The van der Waals surface area contributed by atoms with Gasteiger partial charge in [0, 0.05) is 29.7 Å². The first kappa shape index (κ1) is 13.2. The Bertz CT molecular complexity index is 418. The zero-order chi connectivity index (χ0) is 13.0. The lowest BCUT2D eigenvalue weighted by Gasteiger charge is -2.13. The highest BCUT2D eigenvalue weighted by molar-refractivity contribution is 7.99. The molecule has 0 aliphatic carbocycles. The van der Waals surface area contributed by atoms with Crippen LogP contribution in [0.2, 0.25) is 0 Å². The number of amides is 1. The summed E-state index contributed by atoms with van der Waals surface area (Å²) in [5.74, 6) is 1.86. The third-order valence-electron chi connectivity index (χ3n) is 3.42. The van der Waals surface area contributed by atoms with E-state index in [0.29, 0.717) is 12.5 Å². The minimum Gasteiger partial charge on any atom is -0.338 e. The molecule has 1 heterocycles. The maximum absolute atomic E-state index is 12.0. The largest absolute Gasteiger partial charge is 0.338 e. The number of hydrogen-bond donors (Lipinski definition) is 0. The molecule has 1 amide bonds. The van der Waals surface area contributed by atoms with Gasteiger partial charge in [-0.3, -0.25) is 4.79 Å². The number of likely N-dealkylation sites (tertiary alicyclic amines) is 1. The quantitative estimate of drug-likeness (QED) is 0.600. The molecule has 0 radical (unpaired) electrons. The predicted octanol–water partition coefficient (Wildman–Crippen LogP) is 3.06. The number of thioether (sulfide) groups is 1. The van der Waals surface area contributed by atoms with Gasteiger partial charge in [0.15, 0.2) is 0 Å². The first-order valence-corrected chi connectivity index (χ1v) is 7.28. The molecule has 1 aliphatic heterocycles. The maximum atomic E-state index is 12.0. The molecule has 0 bridgehead atoms. The van der Waals surface area contributed by atoms with E-state index < -0.39 is 0 Å². The molecular weight excluding hydrogens is 242 g/mol. The Kier molecular flexibility index (Phi) is 4.48. The SMILES string of the molecule is C=CCN1C[C@H](CSc2ccccc2)[C@H](C)C1=O. The molecule has 1 aromatic rings. The molecular formula is C15H19NOS. The predicted molar refractivity (Wildman–Crippen MR) is 76.6 cm³/mol. The van der Waals surface area contributed by atoms with Gasteiger partial charge in [-0.2, -0.15) is 0 Å². The Morgan fingerprint density at radius 2 is 2.17 bits per heavy atom. The summed E-state index contributed by atoms with van der Waals surface area (Å²) >= 11 is 1.84. The normalized spacial score (nSPS) is 23.4. The van der Waals surface area contributed by atoms with Gasteiger partial charge in [0.25, 0.3) is 0 Å². The van der Waals surface area contributed by atoms with Crippen molar-refractivity contribution in [1.29, 1.82) is 0 Å². The van der Waals surface area contributed by atoms with Crippen molar-refractivity contribution in [3.05, 3.63) is 43.0 Å². The summed E-state index contributed by atoms with van der Waals surface area (Å²) in [6.45, 7) is 7.29. The lowest BCUT2D eigenvalue weighted by atomic mass is 10.0. The van der Waals surface area contributed by atoms with Gasteiger partial charge < -0.3 is 4.90 Å². The Labute approximate surface area is 113 Å². The van der Waals surface area contributed by atoms with Crippen LogP contribution in [0.1, 0.15) is 6.92 Å². The van der Waals surface area contributed by atoms with Crippen molar-refractivity contribution in [2.45, 2.75) is 11.8 Å². The second kappa shape index (κ2) is 6.10. The zero-order valence-electron chi connectivity index (χ0n) is 10.7. The van der Waals surface area contributed by atoms with E-state index in [-0.39, 0.29) is 11.8 Å². The maximum Gasteiger partial charge on any atom is 0.226 e. The molecule has 1 saturated heterocycles. The zero-order valence-corrected chi connectivity index (χ0v) is 11.5. The van der Waals surface area contributed by atoms with Crippen molar-refractivity contribution in [1.82, 2.24) is 4.90 Å². The molecule has 2 atom stereocenters. The third kappa shape index (κ3) is 2.96. The Morgan fingerprint density at radius 1 is 1.44 bits per heavy atom. The highest BCUT2D eigenvalue weighted by Gasteiger charge is 2.36. The molecule has 1 aromatic carbocycles. The molecule has 0 N–H and O–H groups in total. The van der Waals surface area contributed by atoms with E-state index in [0.717, 1.165) is 12.3 Å². The van der Waals surface area contributed by atoms with Crippen molar-refractivity contribution < 1.29 is 4.79 Å². The van der Waals surface area contributed by atoms with Crippen molar-refractivity contribution in [3.63, 3.8) is 0 Å². The molecule has 3 heteroatoms. The van der Waals surface area contributed by atoms with E-state index in [4.69, 9.17) is 0 Å². The molecule has 0 saturated carbocycles. The van der Waals surface area contributed by atoms with Crippen molar-refractivity contribution in [3.8, 4) is 0 Å². The van der Waals surface area contributed by atoms with Crippen LogP contribution in [-0.4, -0.2) is 29.6 Å². The fraction of sp³-hybridized carbons (Fsp3) is 0.400. The van der Waals surface area contributed by atoms with Crippen molar-refractivity contribution >= 4 is 17.7 Å². The molecule has 2 nitrogen and oxygen atoms in total. The van der Waals surface area contributed by atoms with Gasteiger partial charge in [-0.05, 0) is 18.1 Å². The molecule has 0 spiro atoms. The van der Waals surface area contributed by atoms with Crippen LogP contribution in [0.15, 0.2) is 47.9 Å². The summed E-state index contributed by atoms with van der Waals surface area (Å²) in [6, 6.07) is 10.4. The number of carbonyl (C=O) groups excluding carboxylic acids is 1. The first-order chi connectivity index (χ1) is 8.72. The Hall–Kier alpha value is -1.22. The standard InChI is InChI=1S/C15H19NOS/c1-3-9-16-10-13(12(2)15(16)17)11-18-14-7-5-4-6-8-14/h3-8,12-13H,1,9-11H2,2H3/t12-,13+/m0/s1. The van der Waals surface area contributed by atoms with Gasteiger partial charge in [-0.15, -0.1) is 18.3 Å². The van der Waals surface area contributed by atoms with E-state index in [2.05, 4.69) is 30.8 Å².